The zero-order valence-electron chi connectivity index (χ0n) is 9.18. The first-order valence-electron chi connectivity index (χ1n) is 4.23. The zero-order chi connectivity index (χ0) is 12.5. The number of sulfone groups is 1. The molecule has 6 nitrogen and oxygen atoms in total. The van der Waals surface area contributed by atoms with Gasteiger partial charge in [-0.3, -0.25) is 0 Å². The third kappa shape index (κ3) is 6.08. The lowest BCUT2D eigenvalue weighted by Crippen LogP contribution is -2.52. The van der Waals surface area contributed by atoms with Crippen LogP contribution in [0.25, 0.3) is 0 Å². The summed E-state index contributed by atoms with van der Waals surface area (Å²) in [6, 6.07) is 0. The van der Waals surface area contributed by atoms with Gasteiger partial charge in [-0.2, -0.15) is 0 Å². The predicted molar refractivity (Wildman–Crippen MR) is 57.5 cm³/mol. The van der Waals surface area contributed by atoms with Gasteiger partial charge >= 0.3 is 0 Å². The molecule has 8 heteroatoms. The molecule has 0 saturated heterocycles. The topological polar surface area (TPSA) is 101 Å². The molecule has 0 spiro atoms. The highest BCUT2D eigenvalue weighted by Crippen LogP contribution is 2.10. The van der Waals surface area contributed by atoms with Crippen molar-refractivity contribution in [3.8, 4) is 0 Å². The summed E-state index contributed by atoms with van der Waals surface area (Å²) in [5.41, 5.74) is -1.09. The Kier molecular flexibility index (Phi) is 4.31. The zero-order valence-corrected chi connectivity index (χ0v) is 10.8. The van der Waals surface area contributed by atoms with E-state index in [0.29, 0.717) is 0 Å². The van der Waals surface area contributed by atoms with Crippen molar-refractivity contribution in [1.29, 1.82) is 0 Å². The fourth-order valence-electron chi connectivity index (χ4n) is 0.797. The van der Waals surface area contributed by atoms with Crippen LogP contribution in [-0.2, 0) is 19.9 Å². The van der Waals surface area contributed by atoms with Crippen molar-refractivity contribution in [1.82, 2.24) is 4.72 Å². The lowest BCUT2D eigenvalue weighted by molar-refractivity contribution is 0.112. The van der Waals surface area contributed by atoms with Gasteiger partial charge in [-0.15, -0.1) is 0 Å². The highest BCUT2D eigenvalue weighted by molar-refractivity contribution is 8.06. The van der Waals surface area contributed by atoms with E-state index in [1.165, 1.54) is 20.8 Å². The highest BCUT2D eigenvalue weighted by atomic mass is 32.3. The van der Waals surface area contributed by atoms with E-state index < -0.39 is 36.6 Å². The summed E-state index contributed by atoms with van der Waals surface area (Å²) in [5.74, 6) is 0. The molecule has 0 heterocycles. The summed E-state index contributed by atoms with van der Waals surface area (Å²) >= 11 is 0. The smallest absolute Gasteiger partial charge is 0.226 e. The van der Waals surface area contributed by atoms with Crippen LogP contribution in [0.5, 0.6) is 0 Å². The van der Waals surface area contributed by atoms with E-state index in [4.69, 9.17) is 0 Å². The van der Waals surface area contributed by atoms with Gasteiger partial charge in [0.2, 0.25) is 10.0 Å². The molecule has 0 aromatic carbocycles. The van der Waals surface area contributed by atoms with E-state index in [0.717, 1.165) is 6.26 Å². The first-order chi connectivity index (χ1) is 6.36. The SMILES string of the molecule is CC(O)C(C)(C)NS(=O)(=O)CS(C)(=O)=O. The van der Waals surface area contributed by atoms with Crippen LogP contribution in [0.15, 0.2) is 0 Å². The molecule has 0 rings (SSSR count). The quantitative estimate of drug-likeness (QED) is 0.664. The average Bonchev–Trinajstić information content (AvgIpc) is 1.75. The van der Waals surface area contributed by atoms with Crippen molar-refractivity contribution in [3.05, 3.63) is 0 Å². The molecule has 92 valence electrons. The van der Waals surface area contributed by atoms with Crippen molar-refractivity contribution < 1.29 is 21.9 Å². The fraction of sp³-hybridized carbons (Fsp3) is 1.00. The number of rotatable bonds is 5. The highest BCUT2D eigenvalue weighted by Gasteiger charge is 2.31. The van der Waals surface area contributed by atoms with Crippen LogP contribution < -0.4 is 4.72 Å². The number of aliphatic hydroxyl groups excluding tert-OH is 1. The summed E-state index contributed by atoms with van der Waals surface area (Å²) in [4.78, 5) is 0. The maximum Gasteiger partial charge on any atom is 0.226 e. The summed E-state index contributed by atoms with van der Waals surface area (Å²) in [6.45, 7) is 4.36. The second-order valence-electron chi connectivity index (χ2n) is 4.16. The number of hydrogen-bond donors (Lipinski definition) is 2. The minimum Gasteiger partial charge on any atom is -0.391 e. The molecule has 1 atom stereocenters. The first kappa shape index (κ1) is 14.8. The van der Waals surface area contributed by atoms with Crippen molar-refractivity contribution in [3.63, 3.8) is 0 Å². The largest absolute Gasteiger partial charge is 0.391 e. The van der Waals surface area contributed by atoms with Gasteiger partial charge in [-0.05, 0) is 20.8 Å². The normalized spacial score (nSPS) is 16.3. The Labute approximate surface area is 90.7 Å². The molecule has 0 aliphatic rings. The van der Waals surface area contributed by atoms with Crippen LogP contribution in [0.3, 0.4) is 0 Å². The minimum absolute atomic E-state index is 0.835. The van der Waals surface area contributed by atoms with Crippen LogP contribution >= 0.6 is 0 Å². The van der Waals surface area contributed by atoms with E-state index in [-0.39, 0.29) is 0 Å². The molecule has 0 radical (unpaired) electrons. The van der Waals surface area contributed by atoms with Crippen molar-refractivity contribution >= 4 is 19.9 Å². The molecular weight excluding hydrogens is 242 g/mol. The van der Waals surface area contributed by atoms with Gasteiger partial charge in [-0.1, -0.05) is 0 Å². The van der Waals surface area contributed by atoms with Gasteiger partial charge in [0.25, 0.3) is 0 Å². The van der Waals surface area contributed by atoms with E-state index in [1.54, 1.807) is 0 Å². The van der Waals surface area contributed by atoms with Gasteiger partial charge in [0.05, 0.1) is 11.6 Å². The monoisotopic (exact) mass is 259 g/mol. The first-order valence-corrected chi connectivity index (χ1v) is 7.94. The Morgan fingerprint density at radius 2 is 1.67 bits per heavy atom. The number of sulfonamides is 1. The minimum atomic E-state index is -3.94. The Morgan fingerprint density at radius 1 is 1.27 bits per heavy atom. The lowest BCUT2D eigenvalue weighted by Gasteiger charge is -2.28. The van der Waals surface area contributed by atoms with Crippen molar-refractivity contribution in [2.75, 3.05) is 11.3 Å². The van der Waals surface area contributed by atoms with E-state index in [1.807, 2.05) is 0 Å². The summed E-state index contributed by atoms with van der Waals surface area (Å²) in [5, 5.41) is 8.29. The Hall–Kier alpha value is -0.180. The van der Waals surface area contributed by atoms with E-state index in [2.05, 4.69) is 4.72 Å². The lowest BCUT2D eigenvalue weighted by atomic mass is 10.0. The molecule has 2 N–H and O–H groups in total. The van der Waals surface area contributed by atoms with Crippen LogP contribution in [0.4, 0.5) is 0 Å². The predicted octanol–water partition coefficient (Wildman–Crippen LogP) is -0.933. The van der Waals surface area contributed by atoms with E-state index >= 15 is 0 Å². The molecule has 1 unspecified atom stereocenters. The third-order valence-corrected chi connectivity index (χ3v) is 5.62. The van der Waals surface area contributed by atoms with Crippen LogP contribution in [-0.4, -0.2) is 44.9 Å². The fourth-order valence-corrected chi connectivity index (χ4v) is 4.26. The third-order valence-electron chi connectivity index (χ3n) is 1.83. The Balaban J connectivity index is 4.82. The molecule has 0 fully saturated rings. The molecule has 0 aliphatic heterocycles. The second kappa shape index (κ2) is 4.36. The molecular formula is C7H17NO5S2. The molecule has 0 bridgehead atoms. The maximum absolute atomic E-state index is 11.4. The molecule has 0 aromatic rings. The van der Waals surface area contributed by atoms with Gasteiger partial charge in [0, 0.05) is 6.26 Å². The number of hydrogen-bond acceptors (Lipinski definition) is 5. The van der Waals surface area contributed by atoms with Gasteiger partial charge in [0.1, 0.15) is 0 Å². The van der Waals surface area contributed by atoms with Crippen LogP contribution in [0.1, 0.15) is 20.8 Å². The summed E-state index contributed by atoms with van der Waals surface area (Å²) < 4.78 is 46.5. The molecule has 0 aromatic heterocycles. The van der Waals surface area contributed by atoms with Crippen LogP contribution in [0.2, 0.25) is 0 Å². The molecule has 0 amide bonds. The van der Waals surface area contributed by atoms with Crippen molar-refractivity contribution in [2.24, 2.45) is 0 Å². The second-order valence-corrected chi connectivity index (χ2v) is 8.39. The van der Waals surface area contributed by atoms with Gasteiger partial charge in [-0.25, -0.2) is 21.6 Å². The summed E-state index contributed by atoms with van der Waals surface area (Å²) in [7, 11) is -7.55. The average molecular weight is 259 g/mol. The Morgan fingerprint density at radius 3 is 1.93 bits per heavy atom. The van der Waals surface area contributed by atoms with Crippen LogP contribution in [0, 0.1) is 0 Å². The Bertz CT molecular complexity index is 407. The van der Waals surface area contributed by atoms with Gasteiger partial charge in [0.15, 0.2) is 14.9 Å². The maximum atomic E-state index is 11.4. The van der Waals surface area contributed by atoms with E-state index in [9.17, 15) is 21.9 Å². The molecule has 0 saturated carbocycles. The summed E-state index contributed by atoms with van der Waals surface area (Å²) in [6.07, 6.45) is -0.0893. The number of aliphatic hydroxyl groups is 1. The standard InChI is InChI=1S/C7H17NO5S2/c1-6(9)7(2,3)8-15(12,13)5-14(4,10)11/h6,8-9H,5H2,1-4H3. The molecule has 0 aliphatic carbocycles. The van der Waals surface area contributed by atoms with Gasteiger partial charge < -0.3 is 5.11 Å². The van der Waals surface area contributed by atoms with Crippen molar-refractivity contribution in [2.45, 2.75) is 32.4 Å². The molecule has 15 heavy (non-hydrogen) atoms. The number of nitrogens with one attached hydrogen (secondary N) is 1.